The lowest BCUT2D eigenvalue weighted by molar-refractivity contribution is -0.153. The second kappa shape index (κ2) is 11.0. The van der Waals surface area contributed by atoms with E-state index < -0.39 is 12.8 Å². The van der Waals surface area contributed by atoms with Gasteiger partial charge in [0.1, 0.15) is 11.6 Å². The van der Waals surface area contributed by atoms with Gasteiger partial charge in [0.25, 0.3) is 0 Å². The van der Waals surface area contributed by atoms with Crippen molar-refractivity contribution >= 4 is 29.9 Å². The molecule has 0 unspecified atom stereocenters. The molecule has 2 aromatic rings. The first-order chi connectivity index (χ1) is 12.4. The number of hydrogen-bond donors (Lipinski definition) is 2. The zero-order valence-electron chi connectivity index (χ0n) is 14.5. The molecule has 9 heteroatoms. The molecule has 0 atom stereocenters. The van der Waals surface area contributed by atoms with Crippen molar-refractivity contribution in [2.75, 3.05) is 13.7 Å². The smallest absolute Gasteiger partial charge is 0.422 e. The van der Waals surface area contributed by atoms with Crippen LogP contribution in [0.4, 0.5) is 17.6 Å². The fourth-order valence-corrected chi connectivity index (χ4v) is 2.14. The Morgan fingerprint density at radius 1 is 1.04 bits per heavy atom. The van der Waals surface area contributed by atoms with Crippen LogP contribution in [-0.2, 0) is 13.1 Å². The van der Waals surface area contributed by atoms with Gasteiger partial charge in [0.2, 0.25) is 0 Å². The standard InChI is InChI=1S/C18H19F4N3O.HI/c1-23-17(25-11-14-6-2-3-8-16(14)19)24-10-13-5-4-7-15(9-13)26-12-18(20,21)22;/h2-9H,10-12H2,1H3,(H2,23,24,25);1H. The van der Waals surface area contributed by atoms with Gasteiger partial charge in [0.05, 0.1) is 0 Å². The van der Waals surface area contributed by atoms with Crippen molar-refractivity contribution in [2.24, 2.45) is 4.99 Å². The van der Waals surface area contributed by atoms with E-state index in [9.17, 15) is 17.6 Å². The van der Waals surface area contributed by atoms with Crippen LogP contribution in [-0.4, -0.2) is 25.8 Å². The summed E-state index contributed by atoms with van der Waals surface area (Å²) in [4.78, 5) is 4.03. The summed E-state index contributed by atoms with van der Waals surface area (Å²) in [5, 5.41) is 5.99. The number of aliphatic imine (C=N–C) groups is 1. The van der Waals surface area contributed by atoms with Gasteiger partial charge in [0, 0.05) is 25.7 Å². The predicted octanol–water partition coefficient (Wildman–Crippen LogP) is 4.25. The first-order valence-corrected chi connectivity index (χ1v) is 7.84. The third-order valence-electron chi connectivity index (χ3n) is 3.39. The summed E-state index contributed by atoms with van der Waals surface area (Å²) in [7, 11) is 1.57. The monoisotopic (exact) mass is 497 g/mol. The molecule has 2 N–H and O–H groups in total. The van der Waals surface area contributed by atoms with Crippen LogP contribution in [0.15, 0.2) is 53.5 Å². The second-order valence-corrected chi connectivity index (χ2v) is 5.42. The largest absolute Gasteiger partial charge is 0.484 e. The van der Waals surface area contributed by atoms with Gasteiger partial charge in [-0.25, -0.2) is 4.39 Å². The van der Waals surface area contributed by atoms with Crippen LogP contribution in [0.2, 0.25) is 0 Å². The van der Waals surface area contributed by atoms with Crippen LogP contribution in [0, 0.1) is 5.82 Å². The van der Waals surface area contributed by atoms with E-state index in [2.05, 4.69) is 15.6 Å². The van der Waals surface area contributed by atoms with Crippen molar-refractivity contribution in [3.05, 3.63) is 65.5 Å². The van der Waals surface area contributed by atoms with E-state index in [4.69, 9.17) is 4.74 Å². The number of hydrogen-bond acceptors (Lipinski definition) is 2. The number of rotatable bonds is 6. The molecule has 0 amide bonds. The summed E-state index contributed by atoms with van der Waals surface area (Å²) < 4.78 is 54.9. The van der Waals surface area contributed by atoms with Crippen molar-refractivity contribution in [3.63, 3.8) is 0 Å². The van der Waals surface area contributed by atoms with E-state index in [-0.39, 0.29) is 42.1 Å². The Labute approximate surface area is 172 Å². The van der Waals surface area contributed by atoms with Crippen LogP contribution in [0.3, 0.4) is 0 Å². The Balaban J connectivity index is 0.00000364. The molecule has 27 heavy (non-hydrogen) atoms. The fourth-order valence-electron chi connectivity index (χ4n) is 2.14. The molecular formula is C18H20F4IN3O. The fraction of sp³-hybridized carbons (Fsp3) is 0.278. The molecule has 148 valence electrons. The number of halogens is 5. The van der Waals surface area contributed by atoms with Gasteiger partial charge in [-0.3, -0.25) is 4.99 Å². The van der Waals surface area contributed by atoms with Gasteiger partial charge < -0.3 is 15.4 Å². The van der Waals surface area contributed by atoms with E-state index in [0.717, 1.165) is 5.56 Å². The molecule has 2 rings (SSSR count). The molecule has 0 bridgehead atoms. The molecule has 0 aliphatic carbocycles. The molecule has 0 aliphatic heterocycles. The van der Waals surface area contributed by atoms with Gasteiger partial charge in [-0.1, -0.05) is 30.3 Å². The summed E-state index contributed by atoms with van der Waals surface area (Å²) in [6.45, 7) is -0.767. The quantitative estimate of drug-likeness (QED) is 0.272. The van der Waals surface area contributed by atoms with E-state index in [0.29, 0.717) is 18.1 Å². The Hall–Kier alpha value is -2.04. The van der Waals surface area contributed by atoms with Gasteiger partial charge in [-0.05, 0) is 23.8 Å². The molecule has 0 fully saturated rings. The Morgan fingerprint density at radius 3 is 2.41 bits per heavy atom. The number of alkyl halides is 3. The van der Waals surface area contributed by atoms with Crippen LogP contribution in [0.5, 0.6) is 5.75 Å². The molecule has 4 nitrogen and oxygen atoms in total. The number of ether oxygens (including phenoxy) is 1. The van der Waals surface area contributed by atoms with Crippen molar-refractivity contribution in [3.8, 4) is 5.75 Å². The minimum atomic E-state index is -4.38. The van der Waals surface area contributed by atoms with Crippen LogP contribution < -0.4 is 15.4 Å². The highest BCUT2D eigenvalue weighted by molar-refractivity contribution is 14.0. The third-order valence-corrected chi connectivity index (χ3v) is 3.39. The van der Waals surface area contributed by atoms with E-state index in [1.54, 1.807) is 37.4 Å². The first-order valence-electron chi connectivity index (χ1n) is 7.84. The van der Waals surface area contributed by atoms with Crippen LogP contribution >= 0.6 is 24.0 Å². The van der Waals surface area contributed by atoms with Crippen LogP contribution in [0.25, 0.3) is 0 Å². The molecular weight excluding hydrogens is 477 g/mol. The molecule has 0 saturated heterocycles. The lowest BCUT2D eigenvalue weighted by Gasteiger charge is -2.13. The SMILES string of the molecule is CN=C(NCc1cccc(OCC(F)(F)F)c1)NCc1ccccc1F.I. The third kappa shape index (κ3) is 8.46. The minimum Gasteiger partial charge on any atom is -0.484 e. The van der Waals surface area contributed by atoms with Crippen molar-refractivity contribution in [2.45, 2.75) is 19.3 Å². The highest BCUT2D eigenvalue weighted by Gasteiger charge is 2.28. The Bertz CT molecular complexity index is 753. The molecule has 0 aliphatic rings. The molecule has 0 spiro atoms. The Kier molecular flexibility index (Phi) is 9.33. The summed E-state index contributed by atoms with van der Waals surface area (Å²) >= 11 is 0. The summed E-state index contributed by atoms with van der Waals surface area (Å²) in [5.41, 5.74) is 1.22. The average molecular weight is 497 g/mol. The lowest BCUT2D eigenvalue weighted by Crippen LogP contribution is -2.36. The van der Waals surface area contributed by atoms with Gasteiger partial charge in [0.15, 0.2) is 12.6 Å². The minimum absolute atomic E-state index is 0. The van der Waals surface area contributed by atoms with Crippen LogP contribution in [0.1, 0.15) is 11.1 Å². The maximum absolute atomic E-state index is 13.6. The number of nitrogens with one attached hydrogen (secondary N) is 2. The Morgan fingerprint density at radius 2 is 1.74 bits per heavy atom. The van der Waals surface area contributed by atoms with E-state index in [1.807, 2.05) is 0 Å². The zero-order chi connectivity index (χ0) is 19.0. The summed E-state index contributed by atoms with van der Waals surface area (Å²) in [5.74, 6) is 0.260. The maximum Gasteiger partial charge on any atom is 0.422 e. The molecule has 0 heterocycles. The van der Waals surface area contributed by atoms with Gasteiger partial charge in [-0.2, -0.15) is 13.2 Å². The topological polar surface area (TPSA) is 45.7 Å². The second-order valence-electron chi connectivity index (χ2n) is 5.42. The maximum atomic E-state index is 13.6. The van der Waals surface area contributed by atoms with Gasteiger partial charge >= 0.3 is 6.18 Å². The van der Waals surface area contributed by atoms with E-state index >= 15 is 0 Å². The summed E-state index contributed by atoms with van der Waals surface area (Å²) in [6.07, 6.45) is -4.38. The van der Waals surface area contributed by atoms with Crippen molar-refractivity contribution in [1.82, 2.24) is 10.6 Å². The predicted molar refractivity (Wildman–Crippen MR) is 107 cm³/mol. The normalized spacial score (nSPS) is 11.5. The molecule has 0 radical (unpaired) electrons. The molecule has 2 aromatic carbocycles. The highest BCUT2D eigenvalue weighted by atomic mass is 127. The van der Waals surface area contributed by atoms with Crippen molar-refractivity contribution < 1.29 is 22.3 Å². The van der Waals surface area contributed by atoms with Crippen molar-refractivity contribution in [1.29, 1.82) is 0 Å². The molecule has 0 aromatic heterocycles. The molecule has 0 saturated carbocycles. The summed E-state index contributed by atoms with van der Waals surface area (Å²) in [6, 6.07) is 12.7. The van der Waals surface area contributed by atoms with Gasteiger partial charge in [-0.15, -0.1) is 24.0 Å². The number of guanidine groups is 1. The number of benzene rings is 2. The lowest BCUT2D eigenvalue weighted by atomic mass is 10.2. The average Bonchev–Trinajstić information content (AvgIpc) is 2.61. The first kappa shape index (κ1) is 23.0. The van der Waals surface area contributed by atoms with E-state index in [1.165, 1.54) is 18.2 Å². The number of nitrogens with zero attached hydrogens (tertiary/aromatic N) is 1. The zero-order valence-corrected chi connectivity index (χ0v) is 16.8. The highest BCUT2D eigenvalue weighted by Crippen LogP contribution is 2.19.